The molecule has 7 aromatic heterocycles. The first-order valence-corrected chi connectivity index (χ1v) is 38.5. The van der Waals surface area contributed by atoms with Crippen molar-refractivity contribution in [2.75, 3.05) is 35.3 Å². The van der Waals surface area contributed by atoms with Crippen LogP contribution in [0.4, 0.5) is 39.5 Å². The number of carbonyl (C=O) groups is 4. The zero-order valence-corrected chi connectivity index (χ0v) is 67.0. The van der Waals surface area contributed by atoms with Crippen molar-refractivity contribution >= 4 is 92.8 Å². The third-order valence-corrected chi connectivity index (χ3v) is 24.6. The molecule has 10 aromatic rings. The number of likely N-dealkylation sites (N-methyl/N-ethyl adjacent to an activating group) is 3. The Balaban J connectivity index is 0.000000154. The van der Waals surface area contributed by atoms with Gasteiger partial charge in [0.25, 0.3) is 5.92 Å². The molecule has 11 heterocycles. The monoisotopic (exact) mass is 1670 g/mol. The molecule has 0 spiro atoms. The summed E-state index contributed by atoms with van der Waals surface area (Å²) in [5.74, 6) is -7.01. The smallest absolute Gasteiger partial charge is 0.433 e. The van der Waals surface area contributed by atoms with Crippen LogP contribution in [0.1, 0.15) is 129 Å². The van der Waals surface area contributed by atoms with E-state index >= 15 is 0 Å². The zero-order valence-electron chi connectivity index (χ0n) is 63.8. The third-order valence-electron chi connectivity index (χ3n) is 20.2. The number of carbonyl (C=O) groups excluding carboxylic acids is 4. The van der Waals surface area contributed by atoms with Crippen LogP contribution in [0.5, 0.6) is 5.88 Å². The van der Waals surface area contributed by atoms with E-state index in [0.717, 1.165) is 64.1 Å². The van der Waals surface area contributed by atoms with E-state index in [1.807, 2.05) is 53.4 Å². The summed E-state index contributed by atoms with van der Waals surface area (Å²) in [5.41, 5.74) is 25.2. The maximum atomic E-state index is 13.8. The quantitative estimate of drug-likeness (QED) is 0.0826. The average molecular weight is 1680 g/mol. The Morgan fingerprint density at radius 2 is 0.889 bits per heavy atom. The molecule has 3 aromatic carbocycles. The number of amides is 4. The summed E-state index contributed by atoms with van der Waals surface area (Å²) in [6.07, 6.45) is -5.25. The van der Waals surface area contributed by atoms with Gasteiger partial charge in [0.15, 0.2) is 29.7 Å². The predicted molar refractivity (Wildman–Crippen MR) is 426 cm³/mol. The molecule has 117 heavy (non-hydrogen) atoms. The summed E-state index contributed by atoms with van der Waals surface area (Å²) in [4.78, 5) is 88.6. The number of halogens is 9. The fraction of sp³-hybridized carbons (Fsp3) is 0.259. The first kappa shape index (κ1) is 85.2. The molecule has 4 aliphatic rings. The number of aromatic nitrogens is 3. The number of hydrogen-bond acceptors (Lipinski definition) is 23. The van der Waals surface area contributed by atoms with E-state index in [2.05, 4.69) is 53.1 Å². The number of methoxy groups -OCH3 is 1. The molecule has 4 aliphatic heterocycles. The number of rotatable bonds is 12. The molecule has 0 bridgehead atoms. The third kappa shape index (κ3) is 17.3. The second-order valence-electron chi connectivity index (χ2n) is 28.2. The number of nitriles is 3. The van der Waals surface area contributed by atoms with Crippen molar-refractivity contribution in [2.24, 2.45) is 42.9 Å². The summed E-state index contributed by atoms with van der Waals surface area (Å²) in [7, 11) is 7.44. The van der Waals surface area contributed by atoms with E-state index < -0.39 is 87.2 Å². The van der Waals surface area contributed by atoms with Gasteiger partial charge in [0.2, 0.25) is 29.5 Å². The Bertz CT molecular complexity index is 5560. The zero-order chi connectivity index (χ0) is 85.4. The topological polar surface area (TPSA) is 354 Å². The van der Waals surface area contributed by atoms with Gasteiger partial charge in [-0.05, 0) is 166 Å². The lowest BCUT2D eigenvalue weighted by Gasteiger charge is -2.40. The van der Waals surface area contributed by atoms with Crippen molar-refractivity contribution in [3.8, 4) is 57.5 Å². The second-order valence-corrected chi connectivity index (χ2v) is 31.8. The molecule has 602 valence electrons. The van der Waals surface area contributed by atoms with E-state index in [-0.39, 0.29) is 53.5 Å². The standard InChI is InChI=1S/2C23H18F3N5OS.C19H18F2N4OS.C16H17FN4O2S/c2*1-22(18-9-16(12-33-18)14-5-3-4-13(8-14)10-27)19(20(32)31(2)21(28)30-22)15-6-7-17(29-11-15)23(24,25)26;1-18(13-8-14(9-22)27-10-13)15(16(26)25(3)17(23)24-18)11-4-6-12(7-5-11)19(2,20)21;1-16(6-13(22)21(2)15(18)20-16)12-5-10(8-24-12)9-4-11(17)14(23-3)19-7-9/h2*3-9,11-12,19H,1-2H3,(H2,28,30);4-8,10,15H,1-3H3,(H2,23,24);4-5,7-8H,6H2,1-3H3,(H2,18,20)/t19-,22+;19-,22-;15-,18+;16-/m0100/s1. The van der Waals surface area contributed by atoms with Crippen molar-refractivity contribution in [3.05, 3.63) is 243 Å². The highest BCUT2D eigenvalue weighted by molar-refractivity contribution is 7.11. The van der Waals surface area contributed by atoms with Gasteiger partial charge in [-0.1, -0.05) is 60.7 Å². The van der Waals surface area contributed by atoms with Crippen LogP contribution in [-0.2, 0) is 59.6 Å². The number of pyridine rings is 3. The fourth-order valence-corrected chi connectivity index (χ4v) is 17.5. The lowest BCUT2D eigenvalue weighted by molar-refractivity contribution is -0.142. The Hall–Kier alpha value is -12.7. The molecule has 4 amide bonds. The van der Waals surface area contributed by atoms with Crippen LogP contribution in [0.25, 0.3) is 33.4 Å². The van der Waals surface area contributed by atoms with Crippen LogP contribution in [0, 0.1) is 39.8 Å². The second kappa shape index (κ2) is 32.9. The molecule has 0 unspecified atom stereocenters. The molecule has 0 aliphatic carbocycles. The highest BCUT2D eigenvalue weighted by Crippen LogP contribution is 2.51. The predicted octanol–water partition coefficient (Wildman–Crippen LogP) is 14.8. The van der Waals surface area contributed by atoms with Crippen LogP contribution in [0.3, 0.4) is 0 Å². The Labute approximate surface area is 680 Å². The Kier molecular flexibility index (Phi) is 24.0. The van der Waals surface area contributed by atoms with Crippen LogP contribution in [0.15, 0.2) is 187 Å². The molecular formula is C81H71F9N18O5S4. The maximum Gasteiger partial charge on any atom is 0.433 e. The number of thiophene rings is 4. The van der Waals surface area contributed by atoms with Crippen LogP contribution >= 0.6 is 45.3 Å². The first-order valence-electron chi connectivity index (χ1n) is 35.0. The van der Waals surface area contributed by atoms with Gasteiger partial charge in [-0.2, -0.15) is 42.1 Å². The normalized spacial score (nSPS) is 21.5. The summed E-state index contributed by atoms with van der Waals surface area (Å²) in [5, 5.41) is 34.9. The van der Waals surface area contributed by atoms with Crippen LogP contribution in [-0.4, -0.2) is 117 Å². The minimum atomic E-state index is -4.58. The average Bonchev–Trinajstić information content (AvgIpc) is 1.74. The van der Waals surface area contributed by atoms with Gasteiger partial charge < -0.3 is 27.7 Å². The number of benzene rings is 3. The van der Waals surface area contributed by atoms with Gasteiger partial charge in [-0.25, -0.2) is 38.1 Å². The van der Waals surface area contributed by atoms with E-state index in [9.17, 15) is 69.2 Å². The number of nitrogens with two attached hydrogens (primary N) is 4. The van der Waals surface area contributed by atoms with Crippen molar-refractivity contribution in [1.29, 1.82) is 15.8 Å². The molecule has 0 fully saturated rings. The number of nitrogens with zero attached hydrogens (tertiary/aromatic N) is 14. The SMILES string of the molecule is CN1C(=O)[C@@H](c2ccc(C(F)(F)F)nc2)[C@@](C)(c2cc(-c3cccc(C#N)c3)cs2)N=C1N.CN1C(=O)[C@H](c2ccc(C(C)(F)F)cc2)[C@@](C)(c2csc(C#N)c2)N=C1N.CN1C(=O)[C@H](c2ccc(C(F)(F)F)nc2)[C@@](C)(c2cc(-c3cccc(C#N)c3)cs2)N=C1N.COc1ncc(-c2csc([C@]3(C)CC(=O)N(C)C(N)=N3)c2)cc1F. The summed E-state index contributed by atoms with van der Waals surface area (Å²) >= 11 is 5.42. The molecule has 14 rings (SSSR count). The van der Waals surface area contributed by atoms with Crippen molar-refractivity contribution in [3.63, 3.8) is 0 Å². The van der Waals surface area contributed by atoms with Gasteiger partial charge in [0.1, 0.15) is 44.5 Å². The molecule has 0 saturated carbocycles. The molecule has 23 nitrogen and oxygen atoms in total. The maximum absolute atomic E-state index is 13.8. The molecular weight excluding hydrogens is 1600 g/mol. The first-order chi connectivity index (χ1) is 55.0. The highest BCUT2D eigenvalue weighted by Gasteiger charge is 2.52. The van der Waals surface area contributed by atoms with Crippen LogP contribution in [0.2, 0.25) is 0 Å². The Morgan fingerprint density at radius 1 is 0.470 bits per heavy atom. The summed E-state index contributed by atoms with van der Waals surface area (Å²) < 4.78 is 124. The highest BCUT2D eigenvalue weighted by atomic mass is 32.1. The number of aliphatic imine (C=N–C) groups is 4. The number of alkyl halides is 8. The van der Waals surface area contributed by atoms with E-state index in [1.165, 1.54) is 136 Å². The van der Waals surface area contributed by atoms with E-state index in [1.54, 1.807) is 81.9 Å². The Morgan fingerprint density at radius 3 is 1.28 bits per heavy atom. The van der Waals surface area contributed by atoms with Crippen molar-refractivity contribution < 1.29 is 63.4 Å². The molecule has 8 N–H and O–H groups in total. The molecule has 7 atom stereocenters. The largest absolute Gasteiger partial charge is 0.479 e. The summed E-state index contributed by atoms with van der Waals surface area (Å²) in [6, 6.07) is 39.1. The number of hydrogen-bond donors (Lipinski definition) is 4. The van der Waals surface area contributed by atoms with E-state index in [0.29, 0.717) is 53.6 Å². The van der Waals surface area contributed by atoms with Gasteiger partial charge in [0.05, 0.1) is 54.5 Å². The summed E-state index contributed by atoms with van der Waals surface area (Å²) in [6.45, 7) is 7.92. The minimum Gasteiger partial charge on any atom is -0.479 e. The minimum absolute atomic E-state index is 0.0139. The lowest BCUT2D eigenvalue weighted by Crippen LogP contribution is -2.52. The molecule has 36 heteroatoms. The molecule has 0 radical (unpaired) electrons. The fourth-order valence-electron chi connectivity index (χ4n) is 13.5. The van der Waals surface area contributed by atoms with Crippen molar-refractivity contribution in [1.82, 2.24) is 34.6 Å². The van der Waals surface area contributed by atoms with Gasteiger partial charge in [-0.3, -0.25) is 48.7 Å². The van der Waals surface area contributed by atoms with Gasteiger partial charge in [0, 0.05) is 79.5 Å². The van der Waals surface area contributed by atoms with E-state index in [4.69, 9.17) is 32.9 Å². The van der Waals surface area contributed by atoms with Gasteiger partial charge >= 0.3 is 12.4 Å². The number of guanidine groups is 4. The molecule has 0 saturated heterocycles. The van der Waals surface area contributed by atoms with Gasteiger partial charge in [-0.15, -0.1) is 45.3 Å². The van der Waals surface area contributed by atoms with Crippen LogP contribution < -0.4 is 27.7 Å². The van der Waals surface area contributed by atoms with Crippen molar-refractivity contribution in [2.45, 2.75) is 99.2 Å². The lowest BCUT2D eigenvalue weighted by atomic mass is 9.75. The number of ether oxygens (including phenoxy) is 1.